The molecule has 0 amide bonds. The van der Waals surface area contributed by atoms with Gasteiger partial charge in [-0.25, -0.2) is 0 Å². The average molecular weight is 229 g/mol. The van der Waals surface area contributed by atoms with Crippen molar-refractivity contribution in [3.63, 3.8) is 0 Å². The molecule has 4 heteroatoms. The number of ketones is 1. The van der Waals surface area contributed by atoms with Crippen molar-refractivity contribution < 1.29 is 14.6 Å². The lowest BCUT2D eigenvalue weighted by molar-refractivity contribution is -0.125. The van der Waals surface area contributed by atoms with E-state index in [9.17, 15) is 4.79 Å². The lowest BCUT2D eigenvalue weighted by Gasteiger charge is -2.28. The summed E-state index contributed by atoms with van der Waals surface area (Å²) < 4.78 is 5.03. The van der Waals surface area contributed by atoms with Gasteiger partial charge in [0, 0.05) is 39.1 Å². The Hall–Kier alpha value is -0.450. The fourth-order valence-electron chi connectivity index (χ4n) is 2.22. The third-order valence-corrected chi connectivity index (χ3v) is 3.19. The van der Waals surface area contributed by atoms with E-state index in [4.69, 9.17) is 9.84 Å². The summed E-state index contributed by atoms with van der Waals surface area (Å²) >= 11 is 0. The number of aliphatic hydroxyl groups excluding tert-OH is 1. The number of carbonyl (C=O) groups excluding carboxylic acids is 1. The van der Waals surface area contributed by atoms with E-state index in [1.807, 2.05) is 0 Å². The second-order valence-electron chi connectivity index (χ2n) is 4.43. The Morgan fingerprint density at radius 3 is 2.88 bits per heavy atom. The van der Waals surface area contributed by atoms with Crippen LogP contribution in [0.3, 0.4) is 0 Å². The molecule has 1 N–H and O–H groups in total. The van der Waals surface area contributed by atoms with Crippen molar-refractivity contribution in [1.29, 1.82) is 0 Å². The minimum absolute atomic E-state index is 0.143. The molecular weight excluding hydrogens is 206 g/mol. The van der Waals surface area contributed by atoms with Crippen molar-refractivity contribution in [3.05, 3.63) is 0 Å². The summed E-state index contributed by atoms with van der Waals surface area (Å²) in [5.41, 5.74) is 0. The molecule has 1 aliphatic carbocycles. The van der Waals surface area contributed by atoms with Gasteiger partial charge in [-0.3, -0.25) is 9.69 Å². The third-order valence-electron chi connectivity index (χ3n) is 3.19. The molecule has 0 aromatic carbocycles. The highest BCUT2D eigenvalue weighted by atomic mass is 16.5. The minimum Gasteiger partial charge on any atom is -0.395 e. The maximum absolute atomic E-state index is 11.7. The Bertz CT molecular complexity index is 208. The number of ether oxygens (including phenoxy) is 1. The molecule has 0 radical (unpaired) electrons. The maximum Gasteiger partial charge on any atom is 0.137 e. The van der Waals surface area contributed by atoms with E-state index in [0.717, 1.165) is 38.8 Å². The van der Waals surface area contributed by atoms with E-state index in [2.05, 4.69) is 4.90 Å². The van der Waals surface area contributed by atoms with E-state index in [1.165, 1.54) is 0 Å². The monoisotopic (exact) mass is 229 g/mol. The number of hydrogen-bond donors (Lipinski definition) is 1. The smallest absolute Gasteiger partial charge is 0.137 e. The van der Waals surface area contributed by atoms with Gasteiger partial charge in [-0.1, -0.05) is 6.42 Å². The number of rotatable bonds is 7. The van der Waals surface area contributed by atoms with Gasteiger partial charge in [0.1, 0.15) is 5.78 Å². The van der Waals surface area contributed by atoms with Crippen molar-refractivity contribution >= 4 is 5.78 Å². The van der Waals surface area contributed by atoms with E-state index in [1.54, 1.807) is 7.11 Å². The van der Waals surface area contributed by atoms with Gasteiger partial charge in [0.05, 0.1) is 13.2 Å². The molecule has 1 unspecified atom stereocenters. The normalized spacial score (nSPS) is 21.7. The van der Waals surface area contributed by atoms with Gasteiger partial charge >= 0.3 is 0 Å². The highest BCUT2D eigenvalue weighted by Gasteiger charge is 2.24. The molecule has 0 heterocycles. The largest absolute Gasteiger partial charge is 0.395 e. The average Bonchev–Trinajstić information content (AvgIpc) is 2.29. The molecule has 1 saturated carbocycles. The zero-order valence-corrected chi connectivity index (χ0v) is 10.2. The first-order chi connectivity index (χ1) is 7.77. The van der Waals surface area contributed by atoms with Gasteiger partial charge in [0.25, 0.3) is 0 Å². The predicted molar refractivity (Wildman–Crippen MR) is 62.4 cm³/mol. The van der Waals surface area contributed by atoms with E-state index < -0.39 is 0 Å². The molecule has 0 aromatic rings. The van der Waals surface area contributed by atoms with Gasteiger partial charge < -0.3 is 9.84 Å². The standard InChI is InChI=1S/C12H23NO3/c1-16-9-7-13(6-8-14)10-11-4-2-3-5-12(11)15/h11,14H,2-10H2,1H3. The Morgan fingerprint density at radius 1 is 1.44 bits per heavy atom. The van der Waals surface area contributed by atoms with Gasteiger partial charge in [0.15, 0.2) is 0 Å². The van der Waals surface area contributed by atoms with Crippen molar-refractivity contribution in [3.8, 4) is 0 Å². The summed E-state index contributed by atoms with van der Waals surface area (Å²) in [4.78, 5) is 13.8. The molecule has 0 bridgehead atoms. The van der Waals surface area contributed by atoms with Crippen molar-refractivity contribution in [2.75, 3.05) is 40.0 Å². The molecule has 0 aromatic heterocycles. The number of carbonyl (C=O) groups is 1. The minimum atomic E-state index is 0.143. The molecule has 94 valence electrons. The van der Waals surface area contributed by atoms with Crippen LogP contribution < -0.4 is 0 Å². The Kier molecular flexibility index (Phi) is 6.61. The van der Waals surface area contributed by atoms with Crippen LogP contribution in [0.2, 0.25) is 0 Å². The topological polar surface area (TPSA) is 49.8 Å². The second kappa shape index (κ2) is 7.76. The summed E-state index contributed by atoms with van der Waals surface area (Å²) in [5.74, 6) is 0.573. The molecule has 0 spiro atoms. The molecule has 0 saturated heterocycles. The van der Waals surface area contributed by atoms with Crippen molar-refractivity contribution in [2.45, 2.75) is 25.7 Å². The first kappa shape index (κ1) is 13.6. The second-order valence-corrected chi connectivity index (χ2v) is 4.43. The molecule has 1 aliphatic rings. The Labute approximate surface area is 97.6 Å². The van der Waals surface area contributed by atoms with Crippen LogP contribution in [-0.4, -0.2) is 55.7 Å². The summed E-state index contributed by atoms with van der Waals surface area (Å²) in [6.45, 7) is 3.00. The number of aliphatic hydroxyl groups is 1. The molecule has 4 nitrogen and oxygen atoms in total. The first-order valence-electron chi connectivity index (χ1n) is 6.12. The Morgan fingerprint density at radius 2 is 2.25 bits per heavy atom. The maximum atomic E-state index is 11.7. The molecule has 0 aliphatic heterocycles. The quantitative estimate of drug-likeness (QED) is 0.697. The predicted octanol–water partition coefficient (Wildman–Crippen LogP) is 0.686. The van der Waals surface area contributed by atoms with Crippen LogP contribution in [-0.2, 0) is 9.53 Å². The van der Waals surface area contributed by atoms with Gasteiger partial charge in [-0.15, -0.1) is 0 Å². The van der Waals surface area contributed by atoms with Crippen LogP contribution in [0, 0.1) is 5.92 Å². The number of methoxy groups -OCH3 is 1. The van der Waals surface area contributed by atoms with Gasteiger partial charge in [-0.2, -0.15) is 0 Å². The third kappa shape index (κ3) is 4.60. The van der Waals surface area contributed by atoms with E-state index in [0.29, 0.717) is 18.9 Å². The van der Waals surface area contributed by atoms with Crippen molar-refractivity contribution in [2.24, 2.45) is 5.92 Å². The molecule has 1 atom stereocenters. The van der Waals surface area contributed by atoms with Crippen molar-refractivity contribution in [1.82, 2.24) is 4.90 Å². The Balaban J connectivity index is 2.36. The number of Topliss-reactive ketones (excluding diaryl/α,β-unsaturated/α-hetero) is 1. The fraction of sp³-hybridized carbons (Fsp3) is 0.917. The van der Waals surface area contributed by atoms with Crippen LogP contribution in [0.25, 0.3) is 0 Å². The molecule has 16 heavy (non-hydrogen) atoms. The summed E-state index contributed by atoms with van der Waals surface area (Å²) in [6, 6.07) is 0. The molecular formula is C12H23NO3. The lowest BCUT2D eigenvalue weighted by Crippen LogP contribution is -2.38. The van der Waals surface area contributed by atoms with Crippen LogP contribution in [0.5, 0.6) is 0 Å². The van der Waals surface area contributed by atoms with Crippen LogP contribution >= 0.6 is 0 Å². The zero-order valence-electron chi connectivity index (χ0n) is 10.2. The highest BCUT2D eigenvalue weighted by Crippen LogP contribution is 2.21. The summed E-state index contributed by atoms with van der Waals surface area (Å²) in [5, 5.41) is 8.96. The van der Waals surface area contributed by atoms with Gasteiger partial charge in [0.2, 0.25) is 0 Å². The summed E-state index contributed by atoms with van der Waals surface area (Å²) in [6.07, 6.45) is 3.96. The first-order valence-corrected chi connectivity index (χ1v) is 6.12. The van der Waals surface area contributed by atoms with E-state index in [-0.39, 0.29) is 12.5 Å². The SMILES string of the molecule is COCCN(CCO)CC1CCCCC1=O. The lowest BCUT2D eigenvalue weighted by atomic mass is 9.87. The highest BCUT2D eigenvalue weighted by molar-refractivity contribution is 5.81. The van der Waals surface area contributed by atoms with E-state index >= 15 is 0 Å². The zero-order chi connectivity index (χ0) is 11.8. The summed E-state index contributed by atoms with van der Waals surface area (Å²) in [7, 11) is 1.67. The number of nitrogens with zero attached hydrogens (tertiary/aromatic N) is 1. The molecule has 1 rings (SSSR count). The fourth-order valence-corrected chi connectivity index (χ4v) is 2.22. The van der Waals surface area contributed by atoms with Crippen LogP contribution in [0.1, 0.15) is 25.7 Å². The van der Waals surface area contributed by atoms with Crippen LogP contribution in [0.4, 0.5) is 0 Å². The number of hydrogen-bond acceptors (Lipinski definition) is 4. The molecule has 1 fully saturated rings. The van der Waals surface area contributed by atoms with Crippen LogP contribution in [0.15, 0.2) is 0 Å². The van der Waals surface area contributed by atoms with Gasteiger partial charge in [-0.05, 0) is 12.8 Å².